The third-order valence-electron chi connectivity index (χ3n) is 2.35. The van der Waals surface area contributed by atoms with Gasteiger partial charge in [0.15, 0.2) is 0 Å². The van der Waals surface area contributed by atoms with Gasteiger partial charge in [0.2, 0.25) is 0 Å². The molecular formula is C7H13NO2. The second-order valence-electron chi connectivity index (χ2n) is 3.05. The van der Waals surface area contributed by atoms with Crippen LogP contribution in [0.5, 0.6) is 0 Å². The van der Waals surface area contributed by atoms with Crippen molar-refractivity contribution in [2.24, 2.45) is 17.1 Å². The van der Waals surface area contributed by atoms with Crippen molar-refractivity contribution in [1.29, 1.82) is 0 Å². The lowest BCUT2D eigenvalue weighted by atomic mass is 10.1. The minimum Gasteiger partial charge on any atom is -0.469 e. The summed E-state index contributed by atoms with van der Waals surface area (Å²) in [5.74, 6) is 0.225. The predicted octanol–water partition coefficient (Wildman–Crippen LogP) is 0.144. The number of esters is 1. The van der Waals surface area contributed by atoms with E-state index in [1.54, 1.807) is 0 Å². The van der Waals surface area contributed by atoms with E-state index in [-0.39, 0.29) is 11.4 Å². The molecule has 0 radical (unpaired) electrons. The van der Waals surface area contributed by atoms with Gasteiger partial charge in [0.25, 0.3) is 0 Å². The molecule has 0 amide bonds. The van der Waals surface area contributed by atoms with Gasteiger partial charge >= 0.3 is 5.97 Å². The van der Waals surface area contributed by atoms with Crippen molar-refractivity contribution in [3.8, 4) is 0 Å². The Morgan fingerprint density at radius 3 is 2.80 bits per heavy atom. The fourth-order valence-electron chi connectivity index (χ4n) is 1.28. The zero-order chi connectivity index (χ0) is 7.78. The van der Waals surface area contributed by atoms with Gasteiger partial charge in [-0.05, 0) is 25.8 Å². The molecule has 0 saturated heterocycles. The molecule has 58 valence electrons. The van der Waals surface area contributed by atoms with Crippen molar-refractivity contribution in [2.45, 2.75) is 13.3 Å². The Balaban J connectivity index is 2.50. The highest BCUT2D eigenvalue weighted by atomic mass is 16.5. The molecule has 0 aromatic rings. The van der Waals surface area contributed by atoms with Gasteiger partial charge in [0, 0.05) is 0 Å². The van der Waals surface area contributed by atoms with Crippen LogP contribution < -0.4 is 5.73 Å². The second kappa shape index (κ2) is 2.23. The first-order chi connectivity index (χ1) is 4.65. The van der Waals surface area contributed by atoms with Crippen molar-refractivity contribution in [2.75, 3.05) is 13.7 Å². The maximum atomic E-state index is 11.0. The minimum absolute atomic E-state index is 0.122. The number of hydrogen-bond donors (Lipinski definition) is 1. The predicted molar refractivity (Wildman–Crippen MR) is 37.3 cm³/mol. The smallest absolute Gasteiger partial charge is 0.311 e. The lowest BCUT2D eigenvalue weighted by Crippen LogP contribution is -2.19. The standard InChI is InChI=1S/C7H13NO2/c1-7(6(9)10-2)3-5(7)4-8/h5H,3-4,8H2,1-2H3/t5-,7+/m1/s1. The molecule has 0 spiro atoms. The Morgan fingerprint density at radius 2 is 2.50 bits per heavy atom. The van der Waals surface area contributed by atoms with Gasteiger partial charge in [-0.15, -0.1) is 0 Å². The Bertz CT molecular complexity index is 158. The van der Waals surface area contributed by atoms with Gasteiger partial charge in [0.05, 0.1) is 12.5 Å². The van der Waals surface area contributed by atoms with Crippen LogP contribution in [0.1, 0.15) is 13.3 Å². The second-order valence-corrected chi connectivity index (χ2v) is 3.05. The summed E-state index contributed by atoms with van der Waals surface area (Å²) in [5.41, 5.74) is 5.13. The number of carbonyl (C=O) groups excluding carboxylic acids is 1. The van der Waals surface area contributed by atoms with E-state index in [9.17, 15) is 4.79 Å². The van der Waals surface area contributed by atoms with E-state index in [1.807, 2.05) is 6.92 Å². The lowest BCUT2D eigenvalue weighted by molar-refractivity contribution is -0.146. The highest BCUT2D eigenvalue weighted by Crippen LogP contribution is 2.52. The van der Waals surface area contributed by atoms with Crippen LogP contribution in [-0.4, -0.2) is 19.6 Å². The van der Waals surface area contributed by atoms with E-state index in [4.69, 9.17) is 5.73 Å². The first-order valence-corrected chi connectivity index (χ1v) is 3.43. The van der Waals surface area contributed by atoms with Crippen LogP contribution in [0.15, 0.2) is 0 Å². The molecule has 0 bridgehead atoms. The normalized spacial score (nSPS) is 37.3. The highest BCUT2D eigenvalue weighted by Gasteiger charge is 2.56. The van der Waals surface area contributed by atoms with Gasteiger partial charge in [-0.3, -0.25) is 4.79 Å². The maximum Gasteiger partial charge on any atom is 0.311 e. The first kappa shape index (κ1) is 7.54. The van der Waals surface area contributed by atoms with Gasteiger partial charge in [-0.2, -0.15) is 0 Å². The van der Waals surface area contributed by atoms with Crippen LogP contribution in [0.3, 0.4) is 0 Å². The fourth-order valence-corrected chi connectivity index (χ4v) is 1.28. The largest absolute Gasteiger partial charge is 0.469 e. The van der Waals surface area contributed by atoms with E-state index in [0.29, 0.717) is 12.5 Å². The topological polar surface area (TPSA) is 52.3 Å². The van der Waals surface area contributed by atoms with Gasteiger partial charge in [-0.1, -0.05) is 0 Å². The first-order valence-electron chi connectivity index (χ1n) is 3.43. The maximum absolute atomic E-state index is 11.0. The van der Waals surface area contributed by atoms with Crippen molar-refractivity contribution in [3.05, 3.63) is 0 Å². The Hall–Kier alpha value is -0.570. The van der Waals surface area contributed by atoms with Crippen LogP contribution >= 0.6 is 0 Å². The summed E-state index contributed by atoms with van der Waals surface area (Å²) in [4.78, 5) is 11.0. The van der Waals surface area contributed by atoms with E-state index < -0.39 is 0 Å². The quantitative estimate of drug-likeness (QED) is 0.559. The molecule has 1 fully saturated rings. The average Bonchev–Trinajstić information content (AvgIpc) is 2.61. The number of carbonyl (C=O) groups is 1. The zero-order valence-corrected chi connectivity index (χ0v) is 6.39. The molecule has 0 aromatic heterocycles. The molecule has 0 unspecified atom stereocenters. The van der Waals surface area contributed by atoms with Crippen LogP contribution in [0.25, 0.3) is 0 Å². The van der Waals surface area contributed by atoms with E-state index >= 15 is 0 Å². The number of hydrogen-bond acceptors (Lipinski definition) is 3. The van der Waals surface area contributed by atoms with Crippen LogP contribution in [0.2, 0.25) is 0 Å². The molecule has 1 saturated carbocycles. The van der Waals surface area contributed by atoms with Crippen molar-refractivity contribution in [3.63, 3.8) is 0 Å². The molecular weight excluding hydrogens is 130 g/mol. The molecule has 3 heteroatoms. The van der Waals surface area contributed by atoms with Crippen molar-refractivity contribution in [1.82, 2.24) is 0 Å². The molecule has 3 nitrogen and oxygen atoms in total. The van der Waals surface area contributed by atoms with Crippen LogP contribution in [0, 0.1) is 11.3 Å². The molecule has 10 heavy (non-hydrogen) atoms. The summed E-state index contributed by atoms with van der Waals surface area (Å²) in [5, 5.41) is 0. The number of methoxy groups -OCH3 is 1. The molecule has 0 heterocycles. The summed E-state index contributed by atoms with van der Waals surface area (Å²) in [6, 6.07) is 0. The van der Waals surface area contributed by atoms with Crippen molar-refractivity contribution >= 4 is 5.97 Å². The summed E-state index contributed by atoms with van der Waals surface area (Å²) in [7, 11) is 1.42. The summed E-state index contributed by atoms with van der Waals surface area (Å²) in [6.45, 7) is 2.49. The zero-order valence-electron chi connectivity index (χ0n) is 6.39. The highest BCUT2D eigenvalue weighted by molar-refractivity contribution is 5.80. The summed E-state index contributed by atoms with van der Waals surface area (Å²) >= 11 is 0. The Morgan fingerprint density at radius 1 is 1.90 bits per heavy atom. The molecule has 2 N–H and O–H groups in total. The molecule has 1 aliphatic rings. The van der Waals surface area contributed by atoms with Crippen molar-refractivity contribution < 1.29 is 9.53 Å². The molecule has 0 aromatic carbocycles. The summed E-state index contributed by atoms with van der Waals surface area (Å²) in [6.07, 6.45) is 0.885. The Kier molecular flexibility index (Phi) is 1.68. The third kappa shape index (κ3) is 0.904. The molecule has 2 atom stereocenters. The molecule has 0 aliphatic heterocycles. The van der Waals surface area contributed by atoms with E-state index in [1.165, 1.54) is 7.11 Å². The average molecular weight is 143 g/mol. The lowest BCUT2D eigenvalue weighted by Gasteiger charge is -2.05. The number of ether oxygens (including phenoxy) is 1. The molecule has 1 rings (SSSR count). The Labute approximate surface area is 60.5 Å². The van der Waals surface area contributed by atoms with E-state index in [2.05, 4.69) is 4.74 Å². The minimum atomic E-state index is -0.260. The van der Waals surface area contributed by atoms with Crippen LogP contribution in [-0.2, 0) is 9.53 Å². The SMILES string of the molecule is COC(=O)[C@@]1(C)C[C@@H]1CN. The third-order valence-corrected chi connectivity index (χ3v) is 2.35. The molecule has 1 aliphatic carbocycles. The number of rotatable bonds is 2. The number of nitrogens with two attached hydrogens (primary N) is 1. The monoisotopic (exact) mass is 143 g/mol. The van der Waals surface area contributed by atoms with Gasteiger partial charge in [-0.25, -0.2) is 0 Å². The van der Waals surface area contributed by atoms with Crippen LogP contribution in [0.4, 0.5) is 0 Å². The van der Waals surface area contributed by atoms with E-state index in [0.717, 1.165) is 6.42 Å². The van der Waals surface area contributed by atoms with Gasteiger partial charge < -0.3 is 10.5 Å². The van der Waals surface area contributed by atoms with Gasteiger partial charge in [0.1, 0.15) is 0 Å². The fraction of sp³-hybridized carbons (Fsp3) is 0.857. The summed E-state index contributed by atoms with van der Waals surface area (Å²) < 4.78 is 4.61.